The molecular weight excluding hydrogens is 244 g/mol. The Kier molecular flexibility index (Phi) is 4.69. The van der Waals surface area contributed by atoms with E-state index in [1.165, 1.54) is 5.56 Å². The minimum atomic E-state index is 0.434. The van der Waals surface area contributed by atoms with Crippen LogP contribution in [0.5, 0.6) is 0 Å². The predicted molar refractivity (Wildman–Crippen MR) is 77.6 cm³/mol. The molecule has 0 bridgehead atoms. The van der Waals surface area contributed by atoms with Gasteiger partial charge in [-0.3, -0.25) is 4.90 Å². The lowest BCUT2D eigenvalue weighted by Crippen LogP contribution is -2.36. The molecule has 3 nitrogen and oxygen atoms in total. The van der Waals surface area contributed by atoms with E-state index in [9.17, 15) is 0 Å². The van der Waals surface area contributed by atoms with Crippen LogP contribution in [0.1, 0.15) is 24.0 Å². The van der Waals surface area contributed by atoms with Crippen molar-refractivity contribution in [2.45, 2.75) is 25.5 Å². The quantitative estimate of drug-likeness (QED) is 0.843. The first kappa shape index (κ1) is 13.5. The largest absolute Gasteiger partial charge is 0.389 e. The molecule has 18 heavy (non-hydrogen) atoms. The summed E-state index contributed by atoms with van der Waals surface area (Å²) in [4.78, 5) is 2.92. The van der Waals surface area contributed by atoms with Gasteiger partial charge in [-0.05, 0) is 24.5 Å². The zero-order valence-electron chi connectivity index (χ0n) is 10.8. The van der Waals surface area contributed by atoms with Crippen LogP contribution in [0, 0.1) is 0 Å². The van der Waals surface area contributed by atoms with Crippen molar-refractivity contribution in [1.82, 2.24) is 4.90 Å². The van der Waals surface area contributed by atoms with E-state index in [4.69, 9.17) is 22.7 Å². The van der Waals surface area contributed by atoms with Crippen molar-refractivity contribution < 1.29 is 4.74 Å². The molecule has 2 N–H and O–H groups in total. The van der Waals surface area contributed by atoms with Crippen LogP contribution in [0.2, 0.25) is 0 Å². The third kappa shape index (κ3) is 3.51. The molecule has 2 rings (SSSR count). The van der Waals surface area contributed by atoms with E-state index in [1.807, 2.05) is 12.1 Å². The number of nitrogens with two attached hydrogens (primary N) is 1. The second-order valence-electron chi connectivity index (χ2n) is 4.78. The molecule has 0 atom stereocenters. The summed E-state index contributed by atoms with van der Waals surface area (Å²) >= 11 is 5.00. The van der Waals surface area contributed by atoms with Gasteiger partial charge >= 0.3 is 0 Å². The molecule has 1 fully saturated rings. The Hall–Kier alpha value is -0.970. The van der Waals surface area contributed by atoms with Gasteiger partial charge in [0.15, 0.2) is 0 Å². The summed E-state index contributed by atoms with van der Waals surface area (Å²) in [7, 11) is 1.80. The molecule has 1 aromatic carbocycles. The van der Waals surface area contributed by atoms with Crippen LogP contribution in [0.15, 0.2) is 24.3 Å². The minimum absolute atomic E-state index is 0.434. The standard InChI is InChI=1S/C14H20N2OS/c1-17-13-5-7-16(8-6-13)10-11-3-2-4-12(9-11)14(15)18/h2-4,9,13H,5-8,10H2,1H3,(H2,15,18). The first-order chi connectivity index (χ1) is 8.69. The Morgan fingerprint density at radius 3 is 2.78 bits per heavy atom. The number of nitrogens with zero attached hydrogens (tertiary/aromatic N) is 1. The van der Waals surface area contributed by atoms with Crippen molar-refractivity contribution in [3.63, 3.8) is 0 Å². The number of rotatable bonds is 4. The number of hydrogen-bond donors (Lipinski definition) is 1. The maximum absolute atomic E-state index is 5.65. The van der Waals surface area contributed by atoms with Gasteiger partial charge in [-0.25, -0.2) is 0 Å². The van der Waals surface area contributed by atoms with E-state index in [-0.39, 0.29) is 0 Å². The van der Waals surface area contributed by atoms with E-state index in [0.717, 1.165) is 38.0 Å². The van der Waals surface area contributed by atoms with E-state index in [2.05, 4.69) is 17.0 Å². The third-order valence-electron chi connectivity index (χ3n) is 3.49. The molecule has 0 aromatic heterocycles. The van der Waals surface area contributed by atoms with E-state index in [0.29, 0.717) is 11.1 Å². The van der Waals surface area contributed by atoms with Crippen molar-refractivity contribution in [1.29, 1.82) is 0 Å². The lowest BCUT2D eigenvalue weighted by atomic mass is 10.1. The maximum Gasteiger partial charge on any atom is 0.103 e. The Bertz CT molecular complexity index is 414. The molecule has 0 saturated carbocycles. The van der Waals surface area contributed by atoms with Crippen LogP contribution < -0.4 is 5.73 Å². The van der Waals surface area contributed by atoms with Crippen molar-refractivity contribution in [2.75, 3.05) is 20.2 Å². The SMILES string of the molecule is COC1CCN(Cc2cccc(C(N)=S)c2)CC1. The molecule has 0 radical (unpaired) electrons. The molecule has 98 valence electrons. The predicted octanol–water partition coefficient (Wildman–Crippen LogP) is 1.93. The van der Waals surface area contributed by atoms with Gasteiger partial charge in [0, 0.05) is 32.3 Å². The highest BCUT2D eigenvalue weighted by Gasteiger charge is 2.18. The van der Waals surface area contributed by atoms with Gasteiger partial charge in [-0.2, -0.15) is 0 Å². The highest BCUT2D eigenvalue weighted by molar-refractivity contribution is 7.80. The topological polar surface area (TPSA) is 38.5 Å². The number of ether oxygens (including phenoxy) is 1. The summed E-state index contributed by atoms with van der Waals surface area (Å²) in [6, 6.07) is 8.20. The lowest BCUT2D eigenvalue weighted by Gasteiger charge is -2.31. The van der Waals surface area contributed by atoms with Gasteiger partial charge in [-0.1, -0.05) is 30.4 Å². The second kappa shape index (κ2) is 6.27. The fraction of sp³-hybridized carbons (Fsp3) is 0.500. The fourth-order valence-corrected chi connectivity index (χ4v) is 2.51. The summed E-state index contributed by atoms with van der Waals surface area (Å²) in [5, 5.41) is 0. The smallest absolute Gasteiger partial charge is 0.103 e. The molecule has 0 aliphatic carbocycles. The monoisotopic (exact) mass is 264 g/mol. The Labute approximate surface area is 114 Å². The number of piperidine rings is 1. The maximum atomic E-state index is 5.65. The van der Waals surface area contributed by atoms with Crippen LogP contribution in [0.4, 0.5) is 0 Å². The zero-order valence-corrected chi connectivity index (χ0v) is 11.6. The van der Waals surface area contributed by atoms with Crippen molar-refractivity contribution in [3.05, 3.63) is 35.4 Å². The van der Waals surface area contributed by atoms with Gasteiger partial charge in [-0.15, -0.1) is 0 Å². The van der Waals surface area contributed by atoms with Gasteiger partial charge in [0.05, 0.1) is 6.10 Å². The average molecular weight is 264 g/mol. The van der Waals surface area contributed by atoms with Crippen LogP contribution in [-0.2, 0) is 11.3 Å². The van der Waals surface area contributed by atoms with E-state index >= 15 is 0 Å². The number of hydrogen-bond acceptors (Lipinski definition) is 3. The highest BCUT2D eigenvalue weighted by Crippen LogP contribution is 2.16. The van der Waals surface area contributed by atoms with Gasteiger partial charge in [0.1, 0.15) is 4.99 Å². The van der Waals surface area contributed by atoms with Crippen molar-refractivity contribution in [3.8, 4) is 0 Å². The van der Waals surface area contributed by atoms with E-state index < -0.39 is 0 Å². The third-order valence-corrected chi connectivity index (χ3v) is 3.72. The van der Waals surface area contributed by atoms with Crippen molar-refractivity contribution >= 4 is 17.2 Å². The molecular formula is C14H20N2OS. The van der Waals surface area contributed by atoms with Gasteiger partial charge in [0.2, 0.25) is 0 Å². The second-order valence-corrected chi connectivity index (χ2v) is 5.22. The summed E-state index contributed by atoms with van der Waals surface area (Å²) < 4.78 is 5.38. The van der Waals surface area contributed by atoms with Crippen LogP contribution in [0.25, 0.3) is 0 Å². The Balaban J connectivity index is 1.94. The lowest BCUT2D eigenvalue weighted by molar-refractivity contribution is 0.0388. The zero-order chi connectivity index (χ0) is 13.0. The van der Waals surface area contributed by atoms with Crippen molar-refractivity contribution in [2.24, 2.45) is 5.73 Å². The Morgan fingerprint density at radius 1 is 1.44 bits per heavy atom. The van der Waals surface area contributed by atoms with E-state index in [1.54, 1.807) is 7.11 Å². The molecule has 1 aromatic rings. The van der Waals surface area contributed by atoms with Gasteiger partial charge < -0.3 is 10.5 Å². The molecule has 0 unspecified atom stereocenters. The molecule has 4 heteroatoms. The number of methoxy groups -OCH3 is 1. The molecule has 1 saturated heterocycles. The van der Waals surface area contributed by atoms with Crippen LogP contribution in [-0.4, -0.2) is 36.2 Å². The fourth-order valence-electron chi connectivity index (χ4n) is 2.38. The Morgan fingerprint density at radius 2 is 2.17 bits per heavy atom. The normalized spacial score (nSPS) is 17.8. The minimum Gasteiger partial charge on any atom is -0.389 e. The molecule has 1 aliphatic heterocycles. The van der Waals surface area contributed by atoms with Crippen LogP contribution >= 0.6 is 12.2 Å². The first-order valence-electron chi connectivity index (χ1n) is 6.33. The molecule has 1 heterocycles. The first-order valence-corrected chi connectivity index (χ1v) is 6.74. The number of likely N-dealkylation sites (tertiary alicyclic amines) is 1. The summed E-state index contributed by atoms with van der Waals surface area (Å²) in [6.45, 7) is 3.15. The molecule has 1 aliphatic rings. The van der Waals surface area contributed by atoms with Crippen LogP contribution in [0.3, 0.4) is 0 Å². The summed E-state index contributed by atoms with van der Waals surface area (Å²) in [5.74, 6) is 0. The van der Waals surface area contributed by atoms with Gasteiger partial charge in [0.25, 0.3) is 0 Å². The highest BCUT2D eigenvalue weighted by atomic mass is 32.1. The average Bonchev–Trinajstić information content (AvgIpc) is 2.40. The number of thiocarbonyl (C=S) groups is 1. The summed E-state index contributed by atoms with van der Waals surface area (Å²) in [6.07, 6.45) is 2.67. The molecule has 0 amide bonds. The number of benzene rings is 1. The summed E-state index contributed by atoms with van der Waals surface area (Å²) in [5.41, 5.74) is 7.88. The molecule has 0 spiro atoms.